The number of hydrogen-bond acceptors (Lipinski definition) is 3. The number of carbonyl (C=O) groups is 1. The molecule has 21 heavy (non-hydrogen) atoms. The molecule has 1 aliphatic carbocycles. The fourth-order valence-corrected chi connectivity index (χ4v) is 3.10. The van der Waals surface area contributed by atoms with Crippen LogP contribution >= 0.6 is 0 Å². The molecule has 114 valence electrons. The van der Waals surface area contributed by atoms with Gasteiger partial charge in [-0.15, -0.1) is 0 Å². The Hall–Kier alpha value is -1.46. The molecule has 2 aliphatic rings. The average Bonchev–Trinajstić information content (AvgIpc) is 2.90. The van der Waals surface area contributed by atoms with E-state index < -0.39 is 5.79 Å². The van der Waals surface area contributed by atoms with Crippen LogP contribution in [0.1, 0.15) is 31.2 Å². The Morgan fingerprint density at radius 1 is 1.29 bits per heavy atom. The molecule has 1 saturated carbocycles. The van der Waals surface area contributed by atoms with Crippen LogP contribution < -0.4 is 5.32 Å². The molecule has 1 aliphatic heterocycles. The first-order chi connectivity index (χ1) is 10.2. The van der Waals surface area contributed by atoms with Crippen molar-refractivity contribution < 1.29 is 18.7 Å². The minimum atomic E-state index is -0.399. The van der Waals surface area contributed by atoms with Crippen molar-refractivity contribution >= 4 is 5.91 Å². The van der Waals surface area contributed by atoms with Crippen molar-refractivity contribution in [3.63, 3.8) is 0 Å². The van der Waals surface area contributed by atoms with Gasteiger partial charge in [0.2, 0.25) is 5.91 Å². The highest BCUT2D eigenvalue weighted by Gasteiger charge is 2.40. The van der Waals surface area contributed by atoms with E-state index in [0.29, 0.717) is 18.8 Å². The zero-order chi connectivity index (χ0) is 14.7. The molecular weight excluding hydrogens is 273 g/mol. The lowest BCUT2D eigenvalue weighted by molar-refractivity contribution is -0.180. The van der Waals surface area contributed by atoms with Crippen molar-refractivity contribution in [3.8, 4) is 0 Å². The number of halogens is 1. The summed E-state index contributed by atoms with van der Waals surface area (Å²) in [5, 5.41) is 3.02. The third-order valence-corrected chi connectivity index (χ3v) is 4.18. The van der Waals surface area contributed by atoms with Crippen LogP contribution in [0.5, 0.6) is 0 Å². The Morgan fingerprint density at radius 3 is 2.67 bits per heavy atom. The first-order valence-corrected chi connectivity index (χ1v) is 7.47. The summed E-state index contributed by atoms with van der Waals surface area (Å²) in [7, 11) is 0. The van der Waals surface area contributed by atoms with E-state index in [1.807, 2.05) is 0 Å². The number of nitrogens with one attached hydrogen (secondary N) is 1. The SMILES string of the molecule is O=C(Cc1cccc(F)c1)NC1CCC2(CC1)OCCO2. The zero-order valence-electron chi connectivity index (χ0n) is 11.9. The van der Waals surface area contributed by atoms with Crippen molar-refractivity contribution in [2.24, 2.45) is 0 Å². The Balaban J connectivity index is 1.47. The van der Waals surface area contributed by atoms with Crippen molar-refractivity contribution in [2.45, 2.75) is 43.9 Å². The molecule has 3 rings (SSSR count). The van der Waals surface area contributed by atoms with E-state index in [4.69, 9.17) is 9.47 Å². The van der Waals surface area contributed by atoms with Gasteiger partial charge in [-0.3, -0.25) is 4.79 Å². The lowest BCUT2D eigenvalue weighted by Gasteiger charge is -2.35. The van der Waals surface area contributed by atoms with E-state index in [2.05, 4.69) is 5.32 Å². The van der Waals surface area contributed by atoms with Gasteiger partial charge in [0.05, 0.1) is 19.6 Å². The summed E-state index contributed by atoms with van der Waals surface area (Å²) in [5.74, 6) is -0.769. The fourth-order valence-electron chi connectivity index (χ4n) is 3.10. The molecular formula is C16H20FNO3. The first kappa shape index (κ1) is 14.5. The Morgan fingerprint density at radius 2 is 2.00 bits per heavy atom. The summed E-state index contributed by atoms with van der Waals surface area (Å²) in [6, 6.07) is 6.32. The summed E-state index contributed by atoms with van der Waals surface area (Å²) >= 11 is 0. The van der Waals surface area contributed by atoms with E-state index in [1.54, 1.807) is 12.1 Å². The molecule has 1 heterocycles. The predicted octanol–water partition coefficient (Wildman–Crippen LogP) is 2.17. The van der Waals surface area contributed by atoms with Crippen molar-refractivity contribution in [1.82, 2.24) is 5.32 Å². The number of carbonyl (C=O) groups excluding carboxylic acids is 1. The zero-order valence-corrected chi connectivity index (χ0v) is 11.9. The highest BCUT2D eigenvalue weighted by Crippen LogP contribution is 2.35. The molecule has 5 heteroatoms. The van der Waals surface area contributed by atoms with E-state index >= 15 is 0 Å². The monoisotopic (exact) mass is 293 g/mol. The standard InChI is InChI=1S/C16H20FNO3/c17-13-3-1-2-12(10-13)11-15(19)18-14-4-6-16(7-5-14)20-8-9-21-16/h1-3,10,14H,4-9,11H2,(H,18,19). The summed E-state index contributed by atoms with van der Waals surface area (Å²) in [4.78, 5) is 12.0. The molecule has 0 bridgehead atoms. The highest BCUT2D eigenvalue weighted by molar-refractivity contribution is 5.78. The normalized spacial score (nSPS) is 21.6. The van der Waals surface area contributed by atoms with Crippen molar-refractivity contribution in [2.75, 3.05) is 13.2 Å². The first-order valence-electron chi connectivity index (χ1n) is 7.47. The second kappa shape index (κ2) is 6.12. The Kier molecular flexibility index (Phi) is 4.22. The van der Waals surface area contributed by atoms with E-state index in [9.17, 15) is 9.18 Å². The maximum atomic E-state index is 13.1. The third kappa shape index (κ3) is 3.60. The molecule has 1 aromatic carbocycles. The van der Waals surface area contributed by atoms with Gasteiger partial charge in [-0.2, -0.15) is 0 Å². The topological polar surface area (TPSA) is 47.6 Å². The molecule has 1 saturated heterocycles. The van der Waals surface area contributed by atoms with Crippen LogP contribution in [-0.4, -0.2) is 30.9 Å². The van der Waals surface area contributed by atoms with Crippen LogP contribution in [0.15, 0.2) is 24.3 Å². The minimum Gasteiger partial charge on any atom is -0.353 e. The number of ether oxygens (including phenoxy) is 2. The number of hydrogen-bond donors (Lipinski definition) is 1. The summed E-state index contributed by atoms with van der Waals surface area (Å²) in [6.07, 6.45) is 3.56. The van der Waals surface area contributed by atoms with Crippen LogP contribution in [-0.2, 0) is 20.7 Å². The second-order valence-electron chi connectivity index (χ2n) is 5.76. The maximum Gasteiger partial charge on any atom is 0.224 e. The molecule has 0 unspecified atom stereocenters. The van der Waals surface area contributed by atoms with Gasteiger partial charge < -0.3 is 14.8 Å². The number of amides is 1. The van der Waals surface area contributed by atoms with Gasteiger partial charge in [-0.25, -0.2) is 4.39 Å². The van der Waals surface area contributed by atoms with Gasteiger partial charge in [0.1, 0.15) is 5.82 Å². The molecule has 1 spiro atoms. The van der Waals surface area contributed by atoms with Gasteiger partial charge in [-0.1, -0.05) is 12.1 Å². The quantitative estimate of drug-likeness (QED) is 0.929. The predicted molar refractivity (Wildman–Crippen MR) is 75.1 cm³/mol. The van der Waals surface area contributed by atoms with Crippen molar-refractivity contribution in [1.29, 1.82) is 0 Å². The van der Waals surface area contributed by atoms with Crippen LogP contribution in [0.4, 0.5) is 4.39 Å². The van der Waals surface area contributed by atoms with Crippen LogP contribution in [0.25, 0.3) is 0 Å². The molecule has 0 radical (unpaired) electrons. The lowest BCUT2D eigenvalue weighted by atomic mass is 9.90. The number of benzene rings is 1. The summed E-state index contributed by atoms with van der Waals surface area (Å²) < 4.78 is 24.4. The van der Waals surface area contributed by atoms with Gasteiger partial charge in [0, 0.05) is 18.9 Å². The molecule has 0 aromatic heterocycles. The molecule has 1 aromatic rings. The van der Waals surface area contributed by atoms with Gasteiger partial charge >= 0.3 is 0 Å². The van der Waals surface area contributed by atoms with E-state index in [-0.39, 0.29) is 24.2 Å². The fraction of sp³-hybridized carbons (Fsp3) is 0.562. The summed E-state index contributed by atoms with van der Waals surface area (Å²) in [5.41, 5.74) is 0.697. The van der Waals surface area contributed by atoms with Crippen LogP contribution in [0, 0.1) is 5.82 Å². The summed E-state index contributed by atoms with van der Waals surface area (Å²) in [6.45, 7) is 1.33. The van der Waals surface area contributed by atoms with E-state index in [0.717, 1.165) is 25.7 Å². The average molecular weight is 293 g/mol. The molecule has 4 nitrogen and oxygen atoms in total. The minimum absolute atomic E-state index is 0.0604. The Labute approximate surface area is 123 Å². The number of rotatable bonds is 3. The smallest absolute Gasteiger partial charge is 0.224 e. The molecule has 2 fully saturated rings. The highest BCUT2D eigenvalue weighted by atomic mass is 19.1. The van der Waals surface area contributed by atoms with Crippen LogP contribution in [0.3, 0.4) is 0 Å². The van der Waals surface area contributed by atoms with Crippen LogP contribution in [0.2, 0.25) is 0 Å². The second-order valence-corrected chi connectivity index (χ2v) is 5.76. The van der Waals surface area contributed by atoms with E-state index in [1.165, 1.54) is 12.1 Å². The van der Waals surface area contributed by atoms with Gasteiger partial charge in [-0.05, 0) is 30.5 Å². The Bertz CT molecular complexity index is 504. The molecule has 1 N–H and O–H groups in total. The van der Waals surface area contributed by atoms with Gasteiger partial charge in [0.25, 0.3) is 0 Å². The lowest BCUT2D eigenvalue weighted by Crippen LogP contribution is -2.44. The largest absolute Gasteiger partial charge is 0.353 e. The molecule has 1 amide bonds. The molecule has 0 atom stereocenters. The third-order valence-electron chi connectivity index (χ3n) is 4.18. The van der Waals surface area contributed by atoms with Crippen molar-refractivity contribution in [3.05, 3.63) is 35.6 Å². The van der Waals surface area contributed by atoms with Gasteiger partial charge in [0.15, 0.2) is 5.79 Å². The maximum absolute atomic E-state index is 13.1.